The number of aryl methyl sites for hydroxylation is 3. The van der Waals surface area contributed by atoms with Gasteiger partial charge in [0.05, 0.1) is 63.9 Å². The third-order valence-corrected chi connectivity index (χ3v) is 12.9. The Kier molecular flexibility index (Phi) is 56.1. The summed E-state index contributed by atoms with van der Waals surface area (Å²) in [6.07, 6.45) is 1.12. The summed E-state index contributed by atoms with van der Waals surface area (Å²) in [7, 11) is -1.16. The van der Waals surface area contributed by atoms with Crippen LogP contribution in [-0.2, 0) is 35.7 Å². The first kappa shape index (κ1) is 92.9. The molecule has 0 saturated heterocycles. The average Bonchev–Trinajstić information content (AvgIpc) is 0.928. The maximum Gasteiger partial charge on any atom is 1.00 e. The number of ether oxygens (including phenoxy) is 9. The van der Waals surface area contributed by atoms with Gasteiger partial charge in [-0.3, -0.25) is 4.79 Å². The van der Waals surface area contributed by atoms with Crippen LogP contribution >= 0.6 is 23.2 Å². The number of aliphatic hydroxyl groups is 6. The summed E-state index contributed by atoms with van der Waals surface area (Å²) in [4.78, 5) is 26.7. The zero-order chi connectivity index (χ0) is 73.2. The fourth-order valence-corrected chi connectivity index (χ4v) is 7.49. The molecule has 1 amide bonds. The Bertz CT molecular complexity index is 3370. The number of anilines is 1. The first-order valence-corrected chi connectivity index (χ1v) is 32.0. The quantitative estimate of drug-likeness (QED) is 0.0115. The SMILES string of the molecule is CCc1ccc(NC(C)=O)c(O)c1.COCCOc1ccc(O)cc1.COc1ccc(OCCO)cc1.Cc1cc(OCCO)cc(C)c1Cl.O=C=O.O=S(=O)([O-])c1ccc(OCCO)cc1.OCCOc1ccc(Cl)cc1.OCCOc1ccccc1.OCCOc1ccccc1.[Na+]. The Labute approximate surface area is 610 Å². The van der Waals surface area contributed by atoms with Crippen LogP contribution in [0.25, 0.3) is 0 Å². The summed E-state index contributed by atoms with van der Waals surface area (Å²) in [6.45, 7) is 10.3. The maximum atomic E-state index is 10.7. The van der Waals surface area contributed by atoms with Crippen molar-refractivity contribution in [3.8, 4) is 57.5 Å². The number of phenolic OH excluding ortho intramolecular Hbond substituents is 2. The van der Waals surface area contributed by atoms with E-state index in [0.29, 0.717) is 62.7 Å². The van der Waals surface area contributed by atoms with Crippen molar-refractivity contribution in [3.05, 3.63) is 215 Å². The second-order valence-corrected chi connectivity index (χ2v) is 21.0. The van der Waals surface area contributed by atoms with E-state index < -0.39 is 10.1 Å². The Hall–Kier alpha value is -8.18. The Morgan fingerprint density at radius 2 is 0.808 bits per heavy atom. The standard InChI is InChI=1S/C10H13ClO2.C10H13NO2.2C9H12O3.C8H9ClO2.C8H10O5S.2C8H10O2.CO2.Na/c1-7-5-9(13-4-3-12)6-8(2)10(7)11;1-3-8-4-5-9(10(13)6-8)11-7(2)12;1-11-6-7-12-9-4-2-8(10)3-5-9;1-11-8-2-4-9(5-3-8)12-7-6-10;9-7-1-3-8(4-2-7)11-6-5-10;9-5-6-13-7-1-3-8(4-2-7)14(10,11)12;2*9-6-7-10-8-4-2-1-3-5-8;2-1-3;/h5-6,12H,3-4H2,1-2H3;4-6,13H,3H2,1-2H3,(H,11,12);2*2-5,10H,6-7H2,1H3;1-4,10H,5-6H2;1-4,9H,5-6H2,(H,10,11,12);2*1-5,9H,6-7H2;;/q;;;;;;;;;+1/p-1. The zero-order valence-electron chi connectivity index (χ0n) is 56.4. The summed E-state index contributed by atoms with van der Waals surface area (Å²) in [5.74, 6) is 5.96. The van der Waals surface area contributed by atoms with E-state index in [-0.39, 0.29) is 104 Å². The number of nitrogens with one attached hydrogen (secondary N) is 1. The first-order chi connectivity index (χ1) is 47.1. The third-order valence-electron chi connectivity index (χ3n) is 11.2. The second-order valence-electron chi connectivity index (χ2n) is 18.8. The third kappa shape index (κ3) is 48.3. The van der Waals surface area contributed by atoms with Gasteiger partial charge in [0.25, 0.3) is 0 Å². The molecule has 0 spiro atoms. The van der Waals surface area contributed by atoms with E-state index in [0.717, 1.165) is 80.5 Å². The van der Waals surface area contributed by atoms with E-state index in [1.807, 2.05) is 112 Å². The van der Waals surface area contributed by atoms with Gasteiger partial charge < -0.3 is 93.4 Å². The van der Waals surface area contributed by atoms with E-state index >= 15 is 0 Å². The van der Waals surface area contributed by atoms with Crippen molar-refractivity contribution in [2.75, 3.05) is 112 Å². The average molecular weight is 1450 g/mol. The predicted molar refractivity (Wildman–Crippen MR) is 370 cm³/mol. The number of carbonyl (C=O) groups is 1. The normalized spacial score (nSPS) is 9.57. The molecule has 0 aliphatic rings. The molecule has 8 rings (SSSR count). The minimum Gasteiger partial charge on any atom is -0.744 e. The van der Waals surface area contributed by atoms with Crippen molar-refractivity contribution >= 4 is 51.1 Å². The van der Waals surface area contributed by atoms with Gasteiger partial charge in [-0.1, -0.05) is 72.6 Å². The summed E-state index contributed by atoms with van der Waals surface area (Å²) in [5.41, 5.74) is 3.50. The number of hydrogen-bond donors (Lipinski definition) is 9. The Balaban J connectivity index is 0. The number of halogens is 2. The number of amides is 1. The van der Waals surface area contributed by atoms with Crippen LogP contribution in [0.5, 0.6) is 57.5 Å². The number of aromatic hydroxyl groups is 2. The molecule has 0 atom stereocenters. The molecule has 8 aromatic rings. The van der Waals surface area contributed by atoms with Crippen molar-refractivity contribution in [2.24, 2.45) is 0 Å². The van der Waals surface area contributed by atoms with Gasteiger partial charge in [0.2, 0.25) is 5.91 Å². The molecule has 99 heavy (non-hydrogen) atoms. The molecule has 0 fully saturated rings. The fraction of sp³-hybridized carbons (Fsp3) is 0.296. The van der Waals surface area contributed by atoms with E-state index in [9.17, 15) is 22.9 Å². The minimum absolute atomic E-state index is 0. The molecule has 0 saturated carbocycles. The molecule has 9 N–H and O–H groups in total. The number of benzene rings is 8. The number of rotatable bonds is 26. The molecule has 0 bridgehead atoms. The van der Waals surface area contributed by atoms with Crippen LogP contribution < -0.4 is 72.8 Å². The van der Waals surface area contributed by atoms with Crippen LogP contribution in [0.15, 0.2) is 193 Å². The van der Waals surface area contributed by atoms with Gasteiger partial charge in [-0.2, -0.15) is 9.59 Å². The summed E-state index contributed by atoms with van der Waals surface area (Å²) < 4.78 is 77.3. The molecule has 8 aromatic carbocycles. The molecular weight excluding hydrogens is 1360 g/mol. The number of carbonyl (C=O) groups excluding carboxylic acids is 3. The Morgan fingerprint density at radius 1 is 0.475 bits per heavy atom. The molecule has 0 aromatic heterocycles. The molecule has 0 radical (unpaired) electrons. The van der Waals surface area contributed by atoms with Crippen LogP contribution in [0.3, 0.4) is 0 Å². The van der Waals surface area contributed by atoms with E-state index in [1.54, 1.807) is 87.0 Å². The van der Waals surface area contributed by atoms with Crippen molar-refractivity contribution in [1.82, 2.24) is 0 Å². The Morgan fingerprint density at radius 3 is 1.14 bits per heavy atom. The number of phenols is 2. The number of hydrogen-bond acceptors (Lipinski definition) is 23. The van der Waals surface area contributed by atoms with Crippen LogP contribution in [0.1, 0.15) is 30.5 Å². The first-order valence-electron chi connectivity index (χ1n) is 29.9. The zero-order valence-corrected chi connectivity index (χ0v) is 60.7. The summed E-state index contributed by atoms with van der Waals surface area (Å²) in [5, 5.41) is 73.1. The van der Waals surface area contributed by atoms with E-state index in [2.05, 4.69) is 5.32 Å². The molecule has 0 heterocycles. The second kappa shape index (κ2) is 59.8. The largest absolute Gasteiger partial charge is 1.00 e. The topological polar surface area (TPSA) is 365 Å². The van der Waals surface area contributed by atoms with Crippen molar-refractivity contribution < 1.29 is 140 Å². The number of aliphatic hydroxyl groups excluding tert-OH is 6. The smallest absolute Gasteiger partial charge is 0.744 e. The van der Waals surface area contributed by atoms with E-state index in [1.165, 1.54) is 19.1 Å². The monoisotopic (exact) mass is 1450 g/mol. The van der Waals surface area contributed by atoms with Crippen molar-refractivity contribution in [1.29, 1.82) is 0 Å². The van der Waals surface area contributed by atoms with Gasteiger partial charge >= 0.3 is 35.7 Å². The molecule has 0 unspecified atom stereocenters. The van der Waals surface area contributed by atoms with Gasteiger partial charge in [-0.15, -0.1) is 0 Å². The van der Waals surface area contributed by atoms with E-state index in [4.69, 9.17) is 111 Å². The van der Waals surface area contributed by atoms with Gasteiger partial charge in [-0.25, -0.2) is 8.42 Å². The molecule has 0 aliphatic carbocycles. The maximum absolute atomic E-state index is 10.7. The van der Waals surface area contributed by atoms with Crippen molar-refractivity contribution in [2.45, 2.75) is 39.0 Å². The molecule has 0 aliphatic heterocycles. The molecular formula is C71H88Cl2NNaO23S. The summed E-state index contributed by atoms with van der Waals surface area (Å²) in [6, 6.07) is 53.7. The minimum atomic E-state index is -4.40. The molecule has 24 nitrogen and oxygen atoms in total. The number of methoxy groups -OCH3 is 2. The van der Waals surface area contributed by atoms with Gasteiger partial charge in [0, 0.05) is 24.1 Å². The van der Waals surface area contributed by atoms with Gasteiger partial charge in [-0.05, 0) is 183 Å². The van der Waals surface area contributed by atoms with Crippen LogP contribution in [0.4, 0.5) is 5.69 Å². The van der Waals surface area contributed by atoms with Crippen LogP contribution in [0.2, 0.25) is 10.0 Å². The number of para-hydroxylation sites is 2. The summed E-state index contributed by atoms with van der Waals surface area (Å²) >= 11 is 11.6. The van der Waals surface area contributed by atoms with Crippen LogP contribution in [-0.4, -0.2) is 173 Å². The molecule has 536 valence electrons. The molecule has 28 heteroatoms. The van der Waals surface area contributed by atoms with Crippen LogP contribution in [0, 0.1) is 13.8 Å². The van der Waals surface area contributed by atoms with Crippen molar-refractivity contribution in [3.63, 3.8) is 0 Å². The van der Waals surface area contributed by atoms with Gasteiger partial charge in [0.15, 0.2) is 0 Å². The van der Waals surface area contributed by atoms with Gasteiger partial charge in [0.1, 0.15) is 114 Å². The fourth-order valence-electron chi connectivity index (χ4n) is 6.79. The predicted octanol–water partition coefficient (Wildman–Crippen LogP) is 6.93.